The van der Waals surface area contributed by atoms with Gasteiger partial charge in [0.15, 0.2) is 23.4 Å². The summed E-state index contributed by atoms with van der Waals surface area (Å²) in [5.74, 6) is 2.13. The summed E-state index contributed by atoms with van der Waals surface area (Å²) in [5.41, 5.74) is 6.53. The number of benzene rings is 1. The Kier molecular flexibility index (Phi) is 3.29. The van der Waals surface area contributed by atoms with E-state index >= 15 is 0 Å². The smallest absolute Gasteiger partial charge is 0.192 e. The summed E-state index contributed by atoms with van der Waals surface area (Å²) in [4.78, 5) is 8.64. The standard InChI is InChI=1S/C14H15N3O2/c15-6-5-10-7-16-14(17-8-10)13-9-18-11-3-1-2-4-12(11)19-13/h1-4,7-8,13H,5-6,9,15H2. The molecular formula is C14H15N3O2. The van der Waals surface area contributed by atoms with Crippen LogP contribution in [0.25, 0.3) is 0 Å². The second kappa shape index (κ2) is 5.24. The Morgan fingerprint density at radius 3 is 2.63 bits per heavy atom. The van der Waals surface area contributed by atoms with E-state index in [2.05, 4.69) is 9.97 Å². The normalized spacial score (nSPS) is 17.2. The highest BCUT2D eigenvalue weighted by atomic mass is 16.6. The molecule has 5 heteroatoms. The van der Waals surface area contributed by atoms with Crippen LogP contribution >= 0.6 is 0 Å². The van der Waals surface area contributed by atoms with Crippen molar-refractivity contribution in [1.29, 1.82) is 0 Å². The van der Waals surface area contributed by atoms with Crippen molar-refractivity contribution in [3.8, 4) is 11.5 Å². The fourth-order valence-electron chi connectivity index (χ4n) is 1.97. The fraction of sp³-hybridized carbons (Fsp3) is 0.286. The van der Waals surface area contributed by atoms with E-state index in [1.807, 2.05) is 24.3 Å². The molecule has 0 amide bonds. The first kappa shape index (κ1) is 11.9. The van der Waals surface area contributed by atoms with Crippen LogP contribution < -0.4 is 15.2 Å². The number of rotatable bonds is 3. The van der Waals surface area contributed by atoms with Crippen molar-refractivity contribution in [2.24, 2.45) is 5.73 Å². The van der Waals surface area contributed by atoms with E-state index in [4.69, 9.17) is 15.2 Å². The predicted molar refractivity (Wildman–Crippen MR) is 70.1 cm³/mol. The Morgan fingerprint density at radius 1 is 1.16 bits per heavy atom. The van der Waals surface area contributed by atoms with E-state index in [0.29, 0.717) is 19.0 Å². The minimum Gasteiger partial charge on any atom is -0.485 e. The molecule has 1 atom stereocenters. The van der Waals surface area contributed by atoms with E-state index in [9.17, 15) is 0 Å². The molecule has 0 saturated heterocycles. The Labute approximate surface area is 111 Å². The van der Waals surface area contributed by atoms with Gasteiger partial charge in [-0.05, 0) is 30.7 Å². The SMILES string of the molecule is NCCc1cnc(C2COc3ccccc3O2)nc1. The van der Waals surface area contributed by atoms with Crippen LogP contribution in [0.2, 0.25) is 0 Å². The molecule has 0 saturated carbocycles. The van der Waals surface area contributed by atoms with Crippen LogP contribution in [0.5, 0.6) is 11.5 Å². The van der Waals surface area contributed by atoms with E-state index in [1.54, 1.807) is 12.4 Å². The Hall–Kier alpha value is -2.14. The van der Waals surface area contributed by atoms with Gasteiger partial charge in [-0.3, -0.25) is 0 Å². The number of para-hydroxylation sites is 2. The molecule has 2 aromatic rings. The zero-order chi connectivity index (χ0) is 13.1. The first-order valence-corrected chi connectivity index (χ1v) is 6.26. The van der Waals surface area contributed by atoms with Crippen LogP contribution in [0.1, 0.15) is 17.5 Å². The number of nitrogens with two attached hydrogens (primary N) is 1. The van der Waals surface area contributed by atoms with Gasteiger partial charge < -0.3 is 15.2 Å². The summed E-state index contributed by atoms with van der Waals surface area (Å²) in [7, 11) is 0. The summed E-state index contributed by atoms with van der Waals surface area (Å²) >= 11 is 0. The molecule has 0 fully saturated rings. The molecule has 0 spiro atoms. The number of hydrogen-bond acceptors (Lipinski definition) is 5. The van der Waals surface area contributed by atoms with E-state index in [-0.39, 0.29) is 6.10 Å². The molecule has 1 aliphatic heterocycles. The average Bonchev–Trinajstić information content (AvgIpc) is 2.48. The maximum atomic E-state index is 5.84. The third-order valence-electron chi connectivity index (χ3n) is 2.95. The van der Waals surface area contributed by atoms with Gasteiger partial charge in [-0.25, -0.2) is 9.97 Å². The van der Waals surface area contributed by atoms with Crippen molar-refractivity contribution >= 4 is 0 Å². The molecule has 1 aliphatic rings. The summed E-state index contributed by atoms with van der Waals surface area (Å²) < 4.78 is 11.5. The van der Waals surface area contributed by atoms with Crippen molar-refractivity contribution in [2.45, 2.75) is 12.5 Å². The van der Waals surface area contributed by atoms with Crippen molar-refractivity contribution in [1.82, 2.24) is 9.97 Å². The van der Waals surface area contributed by atoms with Gasteiger partial charge in [0.2, 0.25) is 0 Å². The van der Waals surface area contributed by atoms with Gasteiger partial charge in [0.05, 0.1) is 0 Å². The van der Waals surface area contributed by atoms with Gasteiger partial charge >= 0.3 is 0 Å². The van der Waals surface area contributed by atoms with Gasteiger partial charge in [0.25, 0.3) is 0 Å². The Bertz CT molecular complexity index is 557. The van der Waals surface area contributed by atoms with Gasteiger partial charge in [-0.15, -0.1) is 0 Å². The topological polar surface area (TPSA) is 70.3 Å². The zero-order valence-corrected chi connectivity index (χ0v) is 10.5. The Morgan fingerprint density at radius 2 is 1.89 bits per heavy atom. The van der Waals surface area contributed by atoms with Crippen LogP contribution in [0.15, 0.2) is 36.7 Å². The summed E-state index contributed by atoms with van der Waals surface area (Å²) in [6.45, 7) is 1.02. The molecule has 1 aromatic heterocycles. The molecule has 2 heterocycles. The third kappa shape index (κ3) is 2.51. The molecule has 3 rings (SSSR count). The monoisotopic (exact) mass is 257 g/mol. The molecule has 0 aliphatic carbocycles. The van der Waals surface area contributed by atoms with Gasteiger partial charge in [0.1, 0.15) is 6.61 Å². The minimum absolute atomic E-state index is 0.262. The molecule has 1 aromatic carbocycles. The van der Waals surface area contributed by atoms with Gasteiger partial charge in [-0.2, -0.15) is 0 Å². The zero-order valence-electron chi connectivity index (χ0n) is 10.5. The van der Waals surface area contributed by atoms with Crippen LogP contribution in [0, 0.1) is 0 Å². The lowest BCUT2D eigenvalue weighted by molar-refractivity contribution is 0.0850. The van der Waals surface area contributed by atoms with E-state index < -0.39 is 0 Å². The summed E-state index contributed by atoms with van der Waals surface area (Å²) in [5, 5.41) is 0. The molecule has 0 bridgehead atoms. The first-order valence-electron chi connectivity index (χ1n) is 6.26. The maximum absolute atomic E-state index is 5.84. The lowest BCUT2D eigenvalue weighted by Crippen LogP contribution is -2.23. The molecule has 0 radical (unpaired) electrons. The number of fused-ring (bicyclic) bond motifs is 1. The lowest BCUT2D eigenvalue weighted by Gasteiger charge is -2.25. The quantitative estimate of drug-likeness (QED) is 0.902. The van der Waals surface area contributed by atoms with Crippen LogP contribution in [0.4, 0.5) is 0 Å². The van der Waals surface area contributed by atoms with E-state index in [0.717, 1.165) is 23.5 Å². The van der Waals surface area contributed by atoms with Crippen molar-refractivity contribution in [3.63, 3.8) is 0 Å². The highest BCUT2D eigenvalue weighted by Crippen LogP contribution is 2.34. The van der Waals surface area contributed by atoms with E-state index in [1.165, 1.54) is 0 Å². The predicted octanol–water partition coefficient (Wildman–Crippen LogP) is 1.49. The number of aromatic nitrogens is 2. The molecule has 19 heavy (non-hydrogen) atoms. The maximum Gasteiger partial charge on any atom is 0.192 e. The highest BCUT2D eigenvalue weighted by molar-refractivity contribution is 5.40. The molecule has 2 N–H and O–H groups in total. The largest absolute Gasteiger partial charge is 0.485 e. The molecular weight excluding hydrogens is 242 g/mol. The summed E-state index contributed by atoms with van der Waals surface area (Å²) in [6, 6.07) is 7.59. The molecule has 1 unspecified atom stereocenters. The summed E-state index contributed by atoms with van der Waals surface area (Å²) in [6.07, 6.45) is 4.10. The molecule has 5 nitrogen and oxygen atoms in total. The van der Waals surface area contributed by atoms with Crippen LogP contribution in [0.3, 0.4) is 0 Å². The third-order valence-corrected chi connectivity index (χ3v) is 2.95. The van der Waals surface area contributed by atoms with Crippen LogP contribution in [-0.4, -0.2) is 23.1 Å². The highest BCUT2D eigenvalue weighted by Gasteiger charge is 2.24. The number of nitrogens with zero attached hydrogens (tertiary/aromatic N) is 2. The average molecular weight is 257 g/mol. The fourth-order valence-corrected chi connectivity index (χ4v) is 1.97. The number of hydrogen-bond donors (Lipinski definition) is 1. The lowest BCUT2D eigenvalue weighted by atomic mass is 10.2. The number of ether oxygens (including phenoxy) is 2. The van der Waals surface area contributed by atoms with Crippen molar-refractivity contribution in [3.05, 3.63) is 48.0 Å². The Balaban J connectivity index is 1.77. The van der Waals surface area contributed by atoms with Gasteiger partial charge in [-0.1, -0.05) is 12.1 Å². The second-order valence-corrected chi connectivity index (χ2v) is 4.35. The minimum atomic E-state index is -0.262. The molecule has 98 valence electrons. The van der Waals surface area contributed by atoms with Crippen molar-refractivity contribution < 1.29 is 9.47 Å². The second-order valence-electron chi connectivity index (χ2n) is 4.35. The first-order chi connectivity index (χ1) is 9.36. The van der Waals surface area contributed by atoms with Crippen LogP contribution in [-0.2, 0) is 6.42 Å². The van der Waals surface area contributed by atoms with Gasteiger partial charge in [0, 0.05) is 12.4 Å². The van der Waals surface area contributed by atoms with Crippen molar-refractivity contribution in [2.75, 3.05) is 13.2 Å².